The van der Waals surface area contributed by atoms with E-state index in [1.807, 2.05) is 0 Å². The van der Waals surface area contributed by atoms with E-state index in [9.17, 15) is 0 Å². The van der Waals surface area contributed by atoms with E-state index in [1.165, 1.54) is 22.7 Å². The normalized spacial score (nSPS) is 10.7. The molecule has 0 bridgehead atoms. The summed E-state index contributed by atoms with van der Waals surface area (Å²) < 4.78 is 9.32. The molecular weight excluding hydrogens is 258 g/mol. The van der Waals surface area contributed by atoms with E-state index in [1.54, 1.807) is 7.11 Å². The molecule has 5 heteroatoms. The van der Waals surface area contributed by atoms with Crippen LogP contribution in [0.3, 0.4) is 0 Å². The maximum Gasteiger partial charge on any atom is 0.207 e. The van der Waals surface area contributed by atoms with Crippen molar-refractivity contribution in [3.8, 4) is 0 Å². The Labute approximate surface area is 118 Å². The highest BCUT2D eigenvalue weighted by atomic mass is 32.1. The lowest BCUT2D eigenvalue weighted by atomic mass is 10.1. The van der Waals surface area contributed by atoms with Crippen LogP contribution >= 0.6 is 11.5 Å². The van der Waals surface area contributed by atoms with Crippen molar-refractivity contribution in [2.75, 3.05) is 19.0 Å². The Morgan fingerprint density at radius 3 is 2.95 bits per heavy atom. The summed E-state index contributed by atoms with van der Waals surface area (Å²) in [7, 11) is 1.68. The fourth-order valence-electron chi connectivity index (χ4n) is 1.85. The maximum atomic E-state index is 5.02. The van der Waals surface area contributed by atoms with E-state index >= 15 is 0 Å². The number of rotatable bonds is 6. The van der Waals surface area contributed by atoms with Gasteiger partial charge in [0, 0.05) is 30.8 Å². The van der Waals surface area contributed by atoms with Crippen molar-refractivity contribution >= 4 is 22.4 Å². The third kappa shape index (κ3) is 3.75. The van der Waals surface area contributed by atoms with Crippen LogP contribution < -0.4 is 5.32 Å². The number of methoxy groups -OCH3 is 1. The molecule has 0 saturated heterocycles. The predicted octanol–water partition coefficient (Wildman–Crippen LogP) is 3.34. The minimum absolute atomic E-state index is 0.653. The van der Waals surface area contributed by atoms with Crippen molar-refractivity contribution in [3.05, 3.63) is 35.2 Å². The fraction of sp³-hybridized carbons (Fsp3) is 0.429. The van der Waals surface area contributed by atoms with Crippen molar-refractivity contribution in [2.24, 2.45) is 0 Å². The van der Waals surface area contributed by atoms with Crippen molar-refractivity contribution in [2.45, 2.75) is 26.7 Å². The van der Waals surface area contributed by atoms with Crippen molar-refractivity contribution in [3.63, 3.8) is 0 Å². The molecule has 0 amide bonds. The number of ether oxygens (including phenoxy) is 1. The monoisotopic (exact) mass is 277 g/mol. The Morgan fingerprint density at radius 2 is 2.21 bits per heavy atom. The van der Waals surface area contributed by atoms with Crippen LogP contribution in [0.25, 0.3) is 0 Å². The molecule has 4 nitrogen and oxygen atoms in total. The zero-order valence-corrected chi connectivity index (χ0v) is 12.4. The van der Waals surface area contributed by atoms with Gasteiger partial charge < -0.3 is 10.1 Å². The first kappa shape index (κ1) is 14.0. The van der Waals surface area contributed by atoms with Crippen molar-refractivity contribution in [1.29, 1.82) is 0 Å². The Hall–Kier alpha value is -1.46. The number of aromatic nitrogens is 2. The molecule has 102 valence electrons. The van der Waals surface area contributed by atoms with Gasteiger partial charge in [-0.3, -0.25) is 0 Å². The first-order chi connectivity index (χ1) is 9.22. The van der Waals surface area contributed by atoms with Crippen LogP contribution in [0.15, 0.2) is 18.2 Å². The highest BCUT2D eigenvalue weighted by Crippen LogP contribution is 2.21. The third-order valence-electron chi connectivity index (χ3n) is 2.98. The van der Waals surface area contributed by atoms with E-state index in [2.05, 4.69) is 46.7 Å². The molecule has 2 aromatic rings. The molecule has 1 N–H and O–H groups in total. The lowest BCUT2D eigenvalue weighted by molar-refractivity contribution is 0.201. The molecule has 0 atom stereocenters. The van der Waals surface area contributed by atoms with Gasteiger partial charge in [-0.2, -0.15) is 4.37 Å². The van der Waals surface area contributed by atoms with Crippen molar-refractivity contribution < 1.29 is 4.74 Å². The molecule has 1 heterocycles. The van der Waals surface area contributed by atoms with Crippen LogP contribution in [0.1, 0.15) is 23.9 Å². The molecule has 19 heavy (non-hydrogen) atoms. The number of benzene rings is 1. The number of aryl methyl sites for hydroxylation is 2. The highest BCUT2D eigenvalue weighted by Gasteiger charge is 2.05. The minimum atomic E-state index is 0.653. The van der Waals surface area contributed by atoms with E-state index in [0.717, 1.165) is 29.5 Å². The van der Waals surface area contributed by atoms with Crippen molar-refractivity contribution in [1.82, 2.24) is 9.36 Å². The SMILES string of the molecule is CCc1cc(Nc2nc(CCOC)ns2)ccc1C. The van der Waals surface area contributed by atoms with Gasteiger partial charge >= 0.3 is 0 Å². The number of hydrogen-bond donors (Lipinski definition) is 1. The first-order valence-corrected chi connectivity index (χ1v) is 7.18. The van der Waals surface area contributed by atoms with E-state index in [4.69, 9.17) is 4.74 Å². The van der Waals surface area contributed by atoms with Crippen LogP contribution in [-0.2, 0) is 17.6 Å². The Kier molecular flexibility index (Phi) is 4.87. The zero-order chi connectivity index (χ0) is 13.7. The second kappa shape index (κ2) is 6.63. The lowest BCUT2D eigenvalue weighted by Gasteiger charge is -2.07. The number of anilines is 2. The summed E-state index contributed by atoms with van der Waals surface area (Å²) in [6, 6.07) is 6.38. The van der Waals surface area contributed by atoms with E-state index < -0.39 is 0 Å². The Morgan fingerprint density at radius 1 is 1.37 bits per heavy atom. The van der Waals surface area contributed by atoms with Crippen LogP contribution in [-0.4, -0.2) is 23.1 Å². The second-order valence-corrected chi connectivity index (χ2v) is 5.13. The predicted molar refractivity (Wildman–Crippen MR) is 79.3 cm³/mol. The maximum absolute atomic E-state index is 5.02. The summed E-state index contributed by atoms with van der Waals surface area (Å²) in [5.41, 5.74) is 3.75. The van der Waals surface area contributed by atoms with Gasteiger partial charge in [0.25, 0.3) is 0 Å². The van der Waals surface area contributed by atoms with Gasteiger partial charge in [-0.05, 0) is 36.6 Å². The smallest absolute Gasteiger partial charge is 0.207 e. The number of nitrogens with zero attached hydrogens (tertiary/aromatic N) is 2. The average Bonchev–Trinajstić information content (AvgIpc) is 2.86. The van der Waals surface area contributed by atoms with Gasteiger partial charge in [0.15, 0.2) is 0 Å². The summed E-state index contributed by atoms with van der Waals surface area (Å²) in [5, 5.41) is 4.14. The summed E-state index contributed by atoms with van der Waals surface area (Å²) in [5.74, 6) is 0.831. The Balaban J connectivity index is 2.06. The summed E-state index contributed by atoms with van der Waals surface area (Å²) in [6.45, 7) is 4.96. The largest absolute Gasteiger partial charge is 0.384 e. The number of nitrogens with one attached hydrogen (secondary N) is 1. The molecule has 2 rings (SSSR count). The standard InChI is InChI=1S/C14H19N3OS/c1-4-11-9-12(6-5-10(11)2)15-14-16-13(17-19-14)7-8-18-3/h5-6,9H,4,7-8H2,1-3H3,(H,15,16,17). The molecule has 0 unspecified atom stereocenters. The zero-order valence-electron chi connectivity index (χ0n) is 11.6. The van der Waals surface area contributed by atoms with Gasteiger partial charge in [-0.15, -0.1) is 0 Å². The van der Waals surface area contributed by atoms with E-state index in [0.29, 0.717) is 6.61 Å². The molecule has 0 aliphatic carbocycles. The Bertz CT molecular complexity index is 539. The van der Waals surface area contributed by atoms with Gasteiger partial charge in [0.2, 0.25) is 5.13 Å². The summed E-state index contributed by atoms with van der Waals surface area (Å²) in [4.78, 5) is 4.44. The topological polar surface area (TPSA) is 47.0 Å². The average molecular weight is 277 g/mol. The van der Waals surface area contributed by atoms with Crippen LogP contribution in [0, 0.1) is 6.92 Å². The molecular formula is C14H19N3OS. The first-order valence-electron chi connectivity index (χ1n) is 6.41. The molecule has 0 fully saturated rings. The third-order valence-corrected chi connectivity index (χ3v) is 3.65. The van der Waals surface area contributed by atoms with Crippen LogP contribution in [0.4, 0.5) is 10.8 Å². The molecule has 0 aliphatic rings. The van der Waals surface area contributed by atoms with Gasteiger partial charge in [0.05, 0.1) is 6.61 Å². The van der Waals surface area contributed by atoms with Gasteiger partial charge in [-0.1, -0.05) is 13.0 Å². The lowest BCUT2D eigenvalue weighted by Crippen LogP contribution is -1.97. The minimum Gasteiger partial charge on any atom is -0.384 e. The van der Waals surface area contributed by atoms with Crippen LogP contribution in [0.5, 0.6) is 0 Å². The summed E-state index contributed by atoms with van der Waals surface area (Å²) >= 11 is 1.38. The second-order valence-electron chi connectivity index (χ2n) is 4.38. The molecule has 0 aliphatic heterocycles. The fourth-order valence-corrected chi connectivity index (χ4v) is 2.49. The quantitative estimate of drug-likeness (QED) is 0.879. The van der Waals surface area contributed by atoms with Crippen LogP contribution in [0.2, 0.25) is 0 Å². The van der Waals surface area contributed by atoms with Gasteiger partial charge in [-0.25, -0.2) is 4.98 Å². The molecule has 1 aromatic carbocycles. The van der Waals surface area contributed by atoms with Gasteiger partial charge in [0.1, 0.15) is 5.82 Å². The molecule has 1 aromatic heterocycles. The molecule has 0 saturated carbocycles. The number of hydrogen-bond acceptors (Lipinski definition) is 5. The summed E-state index contributed by atoms with van der Waals surface area (Å²) in [6.07, 6.45) is 1.79. The molecule has 0 radical (unpaired) electrons. The molecule has 0 spiro atoms. The highest BCUT2D eigenvalue weighted by molar-refractivity contribution is 7.09. The van der Waals surface area contributed by atoms with E-state index in [-0.39, 0.29) is 0 Å².